The minimum absolute atomic E-state index is 0.0239. The monoisotopic (exact) mass is 480 g/mol. The molecular weight excluding hydrogens is 460 g/mol. The molecule has 0 unspecified atom stereocenters. The normalized spacial score (nSPS) is 17.0. The molecule has 1 saturated heterocycles. The van der Waals surface area contributed by atoms with Crippen LogP contribution in [0.1, 0.15) is 28.9 Å². The summed E-state index contributed by atoms with van der Waals surface area (Å²) in [6, 6.07) is 5.05. The van der Waals surface area contributed by atoms with Gasteiger partial charge in [-0.25, -0.2) is 0 Å². The molecule has 12 heteroatoms. The van der Waals surface area contributed by atoms with Crippen molar-refractivity contribution in [3.8, 4) is 5.75 Å². The Morgan fingerprint density at radius 3 is 2.48 bits per heavy atom. The number of nitrogens with zero attached hydrogens (tertiary/aromatic N) is 3. The summed E-state index contributed by atoms with van der Waals surface area (Å²) in [5.74, 6) is -0.602. The Balaban J connectivity index is 1.50. The summed E-state index contributed by atoms with van der Waals surface area (Å²) >= 11 is 11.9. The molecule has 2 heterocycles. The van der Waals surface area contributed by atoms with Crippen molar-refractivity contribution >= 4 is 29.1 Å². The third-order valence-electron chi connectivity index (χ3n) is 4.89. The maximum absolute atomic E-state index is 13.0. The molecule has 0 saturated carbocycles. The van der Waals surface area contributed by atoms with E-state index < -0.39 is 29.4 Å². The summed E-state index contributed by atoms with van der Waals surface area (Å²) in [6.45, 7) is 1.33. The first-order valence-electron chi connectivity index (χ1n) is 9.49. The van der Waals surface area contributed by atoms with Crippen molar-refractivity contribution in [2.24, 2.45) is 5.73 Å². The molecule has 170 valence electrons. The van der Waals surface area contributed by atoms with Gasteiger partial charge in [0.15, 0.2) is 5.69 Å². The van der Waals surface area contributed by atoms with E-state index in [4.69, 9.17) is 33.7 Å². The minimum Gasteiger partial charge on any atom is -0.490 e. The van der Waals surface area contributed by atoms with Gasteiger partial charge in [-0.2, -0.15) is 18.3 Å². The van der Waals surface area contributed by atoms with Crippen LogP contribution >= 0.6 is 23.2 Å². The van der Waals surface area contributed by atoms with Gasteiger partial charge in [0.1, 0.15) is 11.9 Å². The zero-order valence-corrected chi connectivity index (χ0v) is 17.8. The fourth-order valence-corrected chi connectivity index (χ4v) is 3.72. The van der Waals surface area contributed by atoms with Crippen LogP contribution in [0.3, 0.4) is 0 Å². The molecule has 0 radical (unpaired) electrons. The highest BCUT2D eigenvalue weighted by atomic mass is 35.5. The van der Waals surface area contributed by atoms with Crippen LogP contribution in [0.25, 0.3) is 0 Å². The van der Waals surface area contributed by atoms with Gasteiger partial charge in [-0.1, -0.05) is 23.2 Å². The Morgan fingerprint density at radius 1 is 1.26 bits per heavy atom. The lowest BCUT2D eigenvalue weighted by Gasteiger charge is -2.33. The van der Waals surface area contributed by atoms with Crippen molar-refractivity contribution in [3.63, 3.8) is 0 Å². The van der Waals surface area contributed by atoms with Crippen molar-refractivity contribution in [3.05, 3.63) is 45.7 Å². The maximum atomic E-state index is 13.0. The zero-order valence-electron chi connectivity index (χ0n) is 16.3. The summed E-state index contributed by atoms with van der Waals surface area (Å²) in [4.78, 5) is 13.2. The van der Waals surface area contributed by atoms with Crippen LogP contribution < -0.4 is 10.5 Å². The van der Waals surface area contributed by atoms with E-state index in [0.29, 0.717) is 41.7 Å². The average molecular weight is 481 g/mol. The predicted octanol–water partition coefficient (Wildman–Crippen LogP) is 3.21. The Hall–Kier alpha value is -2.01. The molecule has 3 N–H and O–H groups in total. The standard InChI is InChI=1S/C19H21Cl2F3N4O3/c20-15-2-1-13(7-16(15)21)31-12-3-5-27(6-4-12)8-11(29)9-28-10-14(18(25)30)17(26-28)19(22,23)24/h1-2,7,10-12,29H,3-6,8-9H2,(H2,25,30)/t11-/m1/s1. The van der Waals surface area contributed by atoms with Crippen LogP contribution in [0.5, 0.6) is 5.75 Å². The topological polar surface area (TPSA) is 93.6 Å². The van der Waals surface area contributed by atoms with E-state index in [1.165, 1.54) is 0 Å². The molecule has 0 bridgehead atoms. The Labute approximate surface area is 186 Å². The fourth-order valence-electron chi connectivity index (χ4n) is 3.43. The van der Waals surface area contributed by atoms with Crippen LogP contribution in [-0.4, -0.2) is 57.5 Å². The largest absolute Gasteiger partial charge is 0.490 e. The predicted molar refractivity (Wildman–Crippen MR) is 108 cm³/mol. The van der Waals surface area contributed by atoms with Crippen LogP contribution in [0.15, 0.2) is 24.4 Å². The molecule has 1 aromatic carbocycles. The number of amides is 1. The molecule has 1 aliphatic heterocycles. The summed E-state index contributed by atoms with van der Waals surface area (Å²) < 4.78 is 45.8. The number of β-amino-alcohol motifs (C(OH)–C–C–N with tert-alkyl or cyclic N) is 1. The van der Waals surface area contributed by atoms with Crippen molar-refractivity contribution in [1.82, 2.24) is 14.7 Å². The van der Waals surface area contributed by atoms with E-state index in [1.807, 2.05) is 4.90 Å². The second-order valence-corrected chi connectivity index (χ2v) is 8.14. The number of benzene rings is 1. The molecule has 7 nitrogen and oxygen atoms in total. The van der Waals surface area contributed by atoms with E-state index in [1.54, 1.807) is 18.2 Å². The van der Waals surface area contributed by atoms with Crippen LogP contribution in [0.4, 0.5) is 13.2 Å². The fraction of sp³-hybridized carbons (Fsp3) is 0.474. The molecule has 3 rings (SSSR count). The van der Waals surface area contributed by atoms with Crippen molar-refractivity contribution in [2.75, 3.05) is 19.6 Å². The molecule has 1 aromatic heterocycles. The number of carbonyl (C=O) groups is 1. The number of aliphatic hydroxyl groups is 1. The van der Waals surface area contributed by atoms with E-state index in [9.17, 15) is 23.1 Å². The lowest BCUT2D eigenvalue weighted by Crippen LogP contribution is -2.42. The van der Waals surface area contributed by atoms with Crippen molar-refractivity contribution in [2.45, 2.75) is 37.8 Å². The summed E-state index contributed by atoms with van der Waals surface area (Å²) in [5, 5.41) is 14.5. The summed E-state index contributed by atoms with van der Waals surface area (Å²) in [5.41, 5.74) is 2.92. The summed E-state index contributed by atoms with van der Waals surface area (Å²) in [6.07, 6.45) is -3.49. The van der Waals surface area contributed by atoms with Crippen LogP contribution in [-0.2, 0) is 12.7 Å². The van der Waals surface area contributed by atoms with Gasteiger partial charge in [0, 0.05) is 31.9 Å². The lowest BCUT2D eigenvalue weighted by atomic mass is 10.1. The van der Waals surface area contributed by atoms with Crippen LogP contribution in [0.2, 0.25) is 10.0 Å². The SMILES string of the molecule is NC(=O)c1cn(C[C@H](O)CN2CCC(Oc3ccc(Cl)c(Cl)c3)CC2)nc1C(F)(F)F. The van der Waals surface area contributed by atoms with Gasteiger partial charge >= 0.3 is 6.18 Å². The number of nitrogens with two attached hydrogens (primary N) is 1. The summed E-state index contributed by atoms with van der Waals surface area (Å²) in [7, 11) is 0. The molecule has 1 aliphatic rings. The van der Waals surface area contributed by atoms with Gasteiger partial charge in [0.05, 0.1) is 28.3 Å². The number of aromatic nitrogens is 2. The van der Waals surface area contributed by atoms with E-state index >= 15 is 0 Å². The molecular formula is C19H21Cl2F3N4O3. The number of alkyl halides is 3. The first-order valence-corrected chi connectivity index (χ1v) is 10.2. The molecule has 1 atom stereocenters. The number of aliphatic hydroxyl groups excluding tert-OH is 1. The van der Waals surface area contributed by atoms with Crippen LogP contribution in [0, 0.1) is 0 Å². The highest BCUT2D eigenvalue weighted by Gasteiger charge is 2.39. The van der Waals surface area contributed by atoms with Gasteiger partial charge in [-0.15, -0.1) is 0 Å². The van der Waals surface area contributed by atoms with Gasteiger partial charge in [0.25, 0.3) is 5.91 Å². The Kier molecular flexibility index (Phi) is 7.35. The van der Waals surface area contributed by atoms with E-state index in [2.05, 4.69) is 5.10 Å². The zero-order chi connectivity index (χ0) is 22.8. The number of hydrogen-bond acceptors (Lipinski definition) is 5. The third kappa shape index (κ3) is 6.25. The molecule has 1 fully saturated rings. The Bertz CT molecular complexity index is 931. The second-order valence-electron chi connectivity index (χ2n) is 7.32. The first-order chi connectivity index (χ1) is 14.5. The number of piperidine rings is 1. The van der Waals surface area contributed by atoms with Gasteiger partial charge in [-0.3, -0.25) is 9.48 Å². The highest BCUT2D eigenvalue weighted by molar-refractivity contribution is 6.42. The number of carbonyl (C=O) groups excluding carboxylic acids is 1. The number of likely N-dealkylation sites (tertiary alicyclic amines) is 1. The molecule has 1 amide bonds. The molecule has 31 heavy (non-hydrogen) atoms. The van der Waals surface area contributed by atoms with Gasteiger partial charge in [0.2, 0.25) is 0 Å². The highest BCUT2D eigenvalue weighted by Crippen LogP contribution is 2.31. The molecule has 0 aliphatic carbocycles. The smallest absolute Gasteiger partial charge is 0.435 e. The average Bonchev–Trinajstić information content (AvgIpc) is 3.11. The van der Waals surface area contributed by atoms with E-state index in [0.717, 1.165) is 10.9 Å². The first kappa shape index (κ1) is 23.6. The number of rotatable bonds is 7. The van der Waals surface area contributed by atoms with Crippen molar-refractivity contribution < 1.29 is 27.8 Å². The molecule has 0 spiro atoms. The van der Waals surface area contributed by atoms with E-state index in [-0.39, 0.29) is 19.2 Å². The van der Waals surface area contributed by atoms with Gasteiger partial charge in [-0.05, 0) is 25.0 Å². The third-order valence-corrected chi connectivity index (χ3v) is 5.63. The second kappa shape index (κ2) is 9.64. The van der Waals surface area contributed by atoms with Crippen molar-refractivity contribution in [1.29, 1.82) is 0 Å². The maximum Gasteiger partial charge on any atom is 0.435 e. The number of primary amides is 1. The Morgan fingerprint density at radius 2 is 1.94 bits per heavy atom. The minimum atomic E-state index is -4.81. The number of hydrogen-bond donors (Lipinski definition) is 2. The molecule has 2 aromatic rings. The number of halogens is 5. The quantitative estimate of drug-likeness (QED) is 0.634. The van der Waals surface area contributed by atoms with Gasteiger partial charge < -0.3 is 20.5 Å². The lowest BCUT2D eigenvalue weighted by molar-refractivity contribution is -0.141. The number of ether oxygens (including phenoxy) is 1.